The zero-order chi connectivity index (χ0) is 23.6. The van der Waals surface area contributed by atoms with Gasteiger partial charge in [0.1, 0.15) is 5.75 Å². The number of nitrogens with one attached hydrogen (secondary N) is 1. The molecule has 1 N–H and O–H groups in total. The smallest absolute Gasteiger partial charge is 0.248 e. The van der Waals surface area contributed by atoms with Crippen molar-refractivity contribution in [3.05, 3.63) is 83.4 Å². The molecule has 0 heterocycles. The van der Waals surface area contributed by atoms with E-state index >= 15 is 0 Å². The standard InChI is InChI=1S/C27H27NO5/c1-30-23-14-12-20(10-11-21-17-24(31-2)27(33-4)25(18-21)32-3)16-22(23)28-26(29)15-13-19-8-6-5-7-9-19/h5-18H,1-4H3,(H,28,29)/b11-10?,15-13+. The Morgan fingerprint density at radius 1 is 0.667 bits per heavy atom. The second kappa shape index (κ2) is 11.4. The average Bonchev–Trinajstić information content (AvgIpc) is 2.86. The summed E-state index contributed by atoms with van der Waals surface area (Å²) in [6.07, 6.45) is 7.10. The minimum Gasteiger partial charge on any atom is -0.495 e. The zero-order valence-corrected chi connectivity index (χ0v) is 19.1. The number of carbonyl (C=O) groups excluding carboxylic acids is 1. The quantitative estimate of drug-likeness (QED) is 0.346. The summed E-state index contributed by atoms with van der Waals surface area (Å²) in [5.41, 5.74) is 3.28. The summed E-state index contributed by atoms with van der Waals surface area (Å²) in [5, 5.41) is 2.88. The van der Waals surface area contributed by atoms with Crippen molar-refractivity contribution in [3.63, 3.8) is 0 Å². The summed E-state index contributed by atoms with van der Waals surface area (Å²) >= 11 is 0. The average molecular weight is 446 g/mol. The van der Waals surface area contributed by atoms with E-state index in [1.807, 2.05) is 72.8 Å². The maximum atomic E-state index is 12.4. The number of rotatable bonds is 9. The fourth-order valence-electron chi connectivity index (χ4n) is 3.23. The van der Waals surface area contributed by atoms with Crippen LogP contribution in [0.5, 0.6) is 23.0 Å². The molecule has 0 saturated heterocycles. The molecule has 0 bridgehead atoms. The first-order chi connectivity index (χ1) is 16.1. The van der Waals surface area contributed by atoms with Crippen LogP contribution in [-0.4, -0.2) is 34.3 Å². The molecule has 0 aliphatic carbocycles. The summed E-state index contributed by atoms with van der Waals surface area (Å²) in [4.78, 5) is 12.4. The summed E-state index contributed by atoms with van der Waals surface area (Å²) in [6, 6.07) is 18.9. The first-order valence-electron chi connectivity index (χ1n) is 10.3. The SMILES string of the molecule is COc1ccc(C=Cc2cc(OC)c(OC)c(OC)c2)cc1NC(=O)/C=C/c1ccccc1. The molecule has 170 valence electrons. The van der Waals surface area contributed by atoms with Gasteiger partial charge < -0.3 is 24.3 Å². The summed E-state index contributed by atoms with van der Waals surface area (Å²) in [5.74, 6) is 2.01. The molecular formula is C27H27NO5. The number of hydrogen-bond acceptors (Lipinski definition) is 5. The Hall–Kier alpha value is -4.19. The highest BCUT2D eigenvalue weighted by Gasteiger charge is 2.12. The van der Waals surface area contributed by atoms with Gasteiger partial charge in [-0.15, -0.1) is 0 Å². The molecule has 6 nitrogen and oxygen atoms in total. The second-order valence-electron chi connectivity index (χ2n) is 6.98. The van der Waals surface area contributed by atoms with E-state index in [9.17, 15) is 4.79 Å². The highest BCUT2D eigenvalue weighted by atomic mass is 16.5. The molecular weight excluding hydrogens is 418 g/mol. The zero-order valence-electron chi connectivity index (χ0n) is 19.1. The molecule has 3 aromatic rings. The normalized spacial score (nSPS) is 10.9. The van der Waals surface area contributed by atoms with Crippen LogP contribution in [0.15, 0.2) is 66.7 Å². The van der Waals surface area contributed by atoms with Gasteiger partial charge in [-0.3, -0.25) is 4.79 Å². The van der Waals surface area contributed by atoms with Crippen LogP contribution in [0.4, 0.5) is 5.69 Å². The predicted molar refractivity (Wildman–Crippen MR) is 132 cm³/mol. The molecule has 0 saturated carbocycles. The van der Waals surface area contributed by atoms with Crippen molar-refractivity contribution in [1.29, 1.82) is 0 Å². The lowest BCUT2D eigenvalue weighted by Gasteiger charge is -2.13. The van der Waals surface area contributed by atoms with Gasteiger partial charge >= 0.3 is 0 Å². The van der Waals surface area contributed by atoms with E-state index in [2.05, 4.69) is 5.32 Å². The van der Waals surface area contributed by atoms with Gasteiger partial charge in [0.2, 0.25) is 11.7 Å². The van der Waals surface area contributed by atoms with E-state index in [-0.39, 0.29) is 5.91 Å². The summed E-state index contributed by atoms with van der Waals surface area (Å²) < 4.78 is 21.6. The van der Waals surface area contributed by atoms with Crippen molar-refractivity contribution >= 4 is 29.8 Å². The van der Waals surface area contributed by atoms with E-state index in [4.69, 9.17) is 18.9 Å². The maximum Gasteiger partial charge on any atom is 0.248 e. The second-order valence-corrected chi connectivity index (χ2v) is 6.98. The number of anilines is 1. The largest absolute Gasteiger partial charge is 0.495 e. The van der Waals surface area contributed by atoms with Crippen molar-refractivity contribution < 1.29 is 23.7 Å². The minimum absolute atomic E-state index is 0.247. The van der Waals surface area contributed by atoms with Gasteiger partial charge in [-0.2, -0.15) is 0 Å². The fraction of sp³-hybridized carbons (Fsp3) is 0.148. The van der Waals surface area contributed by atoms with Gasteiger partial charge in [-0.25, -0.2) is 0 Å². The van der Waals surface area contributed by atoms with Crippen molar-refractivity contribution in [2.24, 2.45) is 0 Å². The highest BCUT2D eigenvalue weighted by Crippen LogP contribution is 2.38. The third-order valence-corrected chi connectivity index (χ3v) is 4.86. The Balaban J connectivity index is 1.81. The van der Waals surface area contributed by atoms with E-state index in [1.165, 1.54) is 6.08 Å². The molecule has 0 fully saturated rings. The number of carbonyl (C=O) groups is 1. The first kappa shape index (κ1) is 23.5. The Morgan fingerprint density at radius 3 is 1.91 bits per heavy atom. The van der Waals surface area contributed by atoms with Crippen LogP contribution < -0.4 is 24.3 Å². The molecule has 3 rings (SSSR count). The Kier molecular flexibility index (Phi) is 8.13. The third kappa shape index (κ3) is 6.17. The lowest BCUT2D eigenvalue weighted by atomic mass is 10.1. The van der Waals surface area contributed by atoms with Crippen LogP contribution in [0, 0.1) is 0 Å². The number of benzene rings is 3. The number of ether oxygens (including phenoxy) is 4. The number of hydrogen-bond donors (Lipinski definition) is 1. The molecule has 33 heavy (non-hydrogen) atoms. The third-order valence-electron chi connectivity index (χ3n) is 4.86. The van der Waals surface area contributed by atoms with Gasteiger partial charge in [0.15, 0.2) is 11.5 Å². The van der Waals surface area contributed by atoms with Crippen molar-refractivity contribution in [2.45, 2.75) is 0 Å². The number of methoxy groups -OCH3 is 4. The minimum atomic E-state index is -0.247. The maximum absolute atomic E-state index is 12.4. The van der Waals surface area contributed by atoms with Crippen LogP contribution in [0.25, 0.3) is 18.2 Å². The van der Waals surface area contributed by atoms with Crippen molar-refractivity contribution in [2.75, 3.05) is 33.8 Å². The summed E-state index contributed by atoms with van der Waals surface area (Å²) in [7, 11) is 6.29. The first-order valence-corrected chi connectivity index (χ1v) is 10.3. The molecule has 3 aromatic carbocycles. The van der Waals surface area contributed by atoms with E-state index in [0.29, 0.717) is 28.7 Å². The van der Waals surface area contributed by atoms with Gasteiger partial charge in [-0.1, -0.05) is 48.6 Å². The van der Waals surface area contributed by atoms with Crippen molar-refractivity contribution in [3.8, 4) is 23.0 Å². The molecule has 0 radical (unpaired) electrons. The van der Waals surface area contributed by atoms with Gasteiger partial charge in [-0.05, 0) is 47.0 Å². The van der Waals surface area contributed by atoms with Crippen LogP contribution in [0.1, 0.15) is 16.7 Å². The Bertz CT molecular complexity index is 1130. The van der Waals surface area contributed by atoms with Gasteiger partial charge in [0, 0.05) is 6.08 Å². The molecule has 0 atom stereocenters. The fourth-order valence-corrected chi connectivity index (χ4v) is 3.23. The number of amides is 1. The van der Waals surface area contributed by atoms with Crippen LogP contribution >= 0.6 is 0 Å². The topological polar surface area (TPSA) is 66.0 Å². The Morgan fingerprint density at radius 2 is 1.30 bits per heavy atom. The van der Waals surface area contributed by atoms with Crippen LogP contribution in [0.3, 0.4) is 0 Å². The molecule has 6 heteroatoms. The predicted octanol–water partition coefficient (Wildman–Crippen LogP) is 5.54. The molecule has 0 aromatic heterocycles. The van der Waals surface area contributed by atoms with E-state index in [0.717, 1.165) is 16.7 Å². The Labute approximate surface area is 194 Å². The highest BCUT2D eigenvalue weighted by molar-refractivity contribution is 6.03. The van der Waals surface area contributed by atoms with E-state index < -0.39 is 0 Å². The molecule has 0 aliphatic rings. The lowest BCUT2D eigenvalue weighted by Crippen LogP contribution is -2.09. The van der Waals surface area contributed by atoms with Gasteiger partial charge in [0.25, 0.3) is 0 Å². The van der Waals surface area contributed by atoms with Gasteiger partial charge in [0.05, 0.1) is 34.1 Å². The van der Waals surface area contributed by atoms with Crippen LogP contribution in [-0.2, 0) is 4.79 Å². The molecule has 0 spiro atoms. The van der Waals surface area contributed by atoms with Crippen LogP contribution in [0.2, 0.25) is 0 Å². The van der Waals surface area contributed by atoms with E-state index in [1.54, 1.807) is 34.5 Å². The summed E-state index contributed by atoms with van der Waals surface area (Å²) in [6.45, 7) is 0. The molecule has 0 unspecified atom stereocenters. The monoisotopic (exact) mass is 445 g/mol. The molecule has 0 aliphatic heterocycles. The lowest BCUT2D eigenvalue weighted by molar-refractivity contribution is -0.111. The molecule has 1 amide bonds. The van der Waals surface area contributed by atoms with Crippen molar-refractivity contribution in [1.82, 2.24) is 0 Å².